The van der Waals surface area contributed by atoms with E-state index in [2.05, 4.69) is 15.1 Å². The Kier molecular flexibility index (Phi) is 5.23. The summed E-state index contributed by atoms with van der Waals surface area (Å²) in [5.74, 6) is 1.80. The maximum absolute atomic E-state index is 12.7. The first-order chi connectivity index (χ1) is 13.3. The number of amides is 1. The number of hydrogen-bond donors (Lipinski definition) is 0. The highest BCUT2D eigenvalue weighted by molar-refractivity contribution is 5.94. The first-order valence-electron chi connectivity index (χ1n) is 9.37. The van der Waals surface area contributed by atoms with Gasteiger partial charge in [-0.25, -0.2) is 0 Å². The SMILES string of the molecule is O=C(c1ccccc1)N1CCCC(CCc2noc(-c3cccnc3)n2)C1. The molecule has 1 amide bonds. The molecule has 1 aliphatic heterocycles. The number of hydrogen-bond acceptors (Lipinski definition) is 5. The van der Waals surface area contributed by atoms with Gasteiger partial charge in [-0.1, -0.05) is 23.4 Å². The maximum atomic E-state index is 12.7. The van der Waals surface area contributed by atoms with E-state index in [1.807, 2.05) is 47.4 Å². The van der Waals surface area contributed by atoms with Gasteiger partial charge in [-0.3, -0.25) is 9.78 Å². The number of benzene rings is 1. The summed E-state index contributed by atoms with van der Waals surface area (Å²) >= 11 is 0. The predicted octanol–water partition coefficient (Wildman–Crippen LogP) is 3.62. The van der Waals surface area contributed by atoms with Crippen LogP contribution < -0.4 is 0 Å². The van der Waals surface area contributed by atoms with E-state index in [9.17, 15) is 4.79 Å². The van der Waals surface area contributed by atoms with Crippen molar-refractivity contribution in [2.24, 2.45) is 5.92 Å². The lowest BCUT2D eigenvalue weighted by Gasteiger charge is -2.32. The van der Waals surface area contributed by atoms with E-state index in [1.165, 1.54) is 0 Å². The van der Waals surface area contributed by atoms with Gasteiger partial charge in [-0.05, 0) is 49.4 Å². The zero-order valence-electron chi connectivity index (χ0n) is 15.1. The number of aromatic nitrogens is 3. The number of nitrogens with zero attached hydrogens (tertiary/aromatic N) is 4. The molecule has 27 heavy (non-hydrogen) atoms. The summed E-state index contributed by atoms with van der Waals surface area (Å²) in [4.78, 5) is 23.2. The average molecular weight is 362 g/mol. The Morgan fingerprint density at radius 2 is 2.07 bits per heavy atom. The second-order valence-electron chi connectivity index (χ2n) is 6.92. The van der Waals surface area contributed by atoms with Crippen LogP contribution in [-0.4, -0.2) is 39.0 Å². The van der Waals surface area contributed by atoms with Gasteiger partial charge in [0.25, 0.3) is 11.8 Å². The Hall–Kier alpha value is -3.02. The third-order valence-electron chi connectivity index (χ3n) is 4.98. The Bertz CT molecular complexity index is 879. The molecule has 1 fully saturated rings. The molecular weight excluding hydrogens is 340 g/mol. The molecule has 1 atom stereocenters. The highest BCUT2D eigenvalue weighted by Crippen LogP contribution is 2.23. The van der Waals surface area contributed by atoms with Crippen LogP contribution in [0.4, 0.5) is 0 Å². The molecule has 6 nitrogen and oxygen atoms in total. The minimum Gasteiger partial charge on any atom is -0.338 e. The van der Waals surface area contributed by atoms with E-state index in [0.717, 1.165) is 49.9 Å². The molecule has 0 aliphatic carbocycles. The smallest absolute Gasteiger partial charge is 0.259 e. The fourth-order valence-corrected chi connectivity index (χ4v) is 3.54. The van der Waals surface area contributed by atoms with Crippen LogP contribution in [0.25, 0.3) is 11.5 Å². The topological polar surface area (TPSA) is 72.1 Å². The molecule has 1 aliphatic rings. The summed E-state index contributed by atoms with van der Waals surface area (Å²) in [6.07, 6.45) is 7.30. The van der Waals surface area contributed by atoms with Crippen molar-refractivity contribution in [2.75, 3.05) is 13.1 Å². The molecule has 0 N–H and O–H groups in total. The van der Waals surface area contributed by atoms with Crippen LogP contribution in [0.2, 0.25) is 0 Å². The van der Waals surface area contributed by atoms with Crippen molar-refractivity contribution < 1.29 is 9.32 Å². The summed E-state index contributed by atoms with van der Waals surface area (Å²) in [5, 5.41) is 4.08. The minimum absolute atomic E-state index is 0.124. The van der Waals surface area contributed by atoms with Gasteiger partial charge in [0.1, 0.15) is 0 Å². The van der Waals surface area contributed by atoms with Crippen LogP contribution in [0, 0.1) is 5.92 Å². The molecule has 3 aromatic rings. The number of piperidine rings is 1. The largest absolute Gasteiger partial charge is 0.338 e. The average Bonchev–Trinajstić information content (AvgIpc) is 3.22. The summed E-state index contributed by atoms with van der Waals surface area (Å²) in [7, 11) is 0. The lowest BCUT2D eigenvalue weighted by Crippen LogP contribution is -2.40. The fraction of sp³-hybridized carbons (Fsp3) is 0.333. The zero-order valence-corrected chi connectivity index (χ0v) is 15.1. The molecule has 6 heteroatoms. The van der Waals surface area contributed by atoms with Crippen LogP contribution >= 0.6 is 0 Å². The van der Waals surface area contributed by atoms with Crippen LogP contribution in [0.1, 0.15) is 35.4 Å². The van der Waals surface area contributed by atoms with Gasteiger partial charge in [-0.15, -0.1) is 0 Å². The quantitative estimate of drug-likeness (QED) is 0.693. The number of carbonyl (C=O) groups excluding carboxylic acids is 1. The Morgan fingerprint density at radius 1 is 1.19 bits per heavy atom. The fourth-order valence-electron chi connectivity index (χ4n) is 3.54. The van der Waals surface area contributed by atoms with Gasteiger partial charge in [0.2, 0.25) is 0 Å². The van der Waals surface area contributed by atoms with Crippen molar-refractivity contribution >= 4 is 5.91 Å². The molecule has 1 saturated heterocycles. The molecule has 0 bridgehead atoms. The molecule has 138 valence electrons. The van der Waals surface area contributed by atoms with Gasteiger partial charge < -0.3 is 9.42 Å². The van der Waals surface area contributed by atoms with Crippen LogP contribution in [0.15, 0.2) is 59.4 Å². The summed E-state index contributed by atoms with van der Waals surface area (Å²) < 4.78 is 5.34. The summed E-state index contributed by atoms with van der Waals surface area (Å²) in [6, 6.07) is 13.3. The number of carbonyl (C=O) groups is 1. The van der Waals surface area contributed by atoms with E-state index in [4.69, 9.17) is 4.52 Å². The highest BCUT2D eigenvalue weighted by atomic mass is 16.5. The molecule has 3 heterocycles. The molecule has 0 spiro atoms. The van der Waals surface area contributed by atoms with E-state index in [0.29, 0.717) is 17.6 Å². The third kappa shape index (κ3) is 4.22. The summed E-state index contributed by atoms with van der Waals surface area (Å²) in [6.45, 7) is 1.62. The standard InChI is InChI=1S/C21H22N4O2/c26-21(17-7-2-1-3-8-17)25-13-5-6-16(15-25)10-11-19-23-20(27-24-19)18-9-4-12-22-14-18/h1-4,7-9,12,14,16H,5-6,10-11,13,15H2. The third-order valence-corrected chi connectivity index (χ3v) is 4.98. The van der Waals surface area contributed by atoms with Gasteiger partial charge in [0.05, 0.1) is 5.56 Å². The second-order valence-corrected chi connectivity index (χ2v) is 6.92. The second kappa shape index (κ2) is 8.12. The van der Waals surface area contributed by atoms with Gasteiger partial charge in [0, 0.05) is 37.5 Å². The van der Waals surface area contributed by atoms with Crippen molar-refractivity contribution in [1.82, 2.24) is 20.0 Å². The molecule has 1 unspecified atom stereocenters. The van der Waals surface area contributed by atoms with Crippen LogP contribution in [-0.2, 0) is 6.42 Å². The summed E-state index contributed by atoms with van der Waals surface area (Å²) in [5.41, 5.74) is 1.59. The Balaban J connectivity index is 1.34. The van der Waals surface area contributed by atoms with Gasteiger partial charge >= 0.3 is 0 Å². The molecule has 1 aromatic carbocycles. The molecular formula is C21H22N4O2. The van der Waals surface area contributed by atoms with Crippen molar-refractivity contribution in [3.8, 4) is 11.5 Å². The lowest BCUT2D eigenvalue weighted by molar-refractivity contribution is 0.0668. The van der Waals surface area contributed by atoms with E-state index in [-0.39, 0.29) is 5.91 Å². The molecule has 0 saturated carbocycles. The first kappa shape index (κ1) is 17.4. The van der Waals surface area contributed by atoms with Crippen molar-refractivity contribution in [1.29, 1.82) is 0 Å². The van der Waals surface area contributed by atoms with Crippen molar-refractivity contribution in [3.63, 3.8) is 0 Å². The van der Waals surface area contributed by atoms with Crippen LogP contribution in [0.3, 0.4) is 0 Å². The van der Waals surface area contributed by atoms with E-state index >= 15 is 0 Å². The number of pyridine rings is 1. The first-order valence-corrected chi connectivity index (χ1v) is 9.37. The van der Waals surface area contributed by atoms with Gasteiger partial charge in [-0.2, -0.15) is 4.98 Å². The van der Waals surface area contributed by atoms with Crippen LogP contribution in [0.5, 0.6) is 0 Å². The Labute approximate surface area is 158 Å². The maximum Gasteiger partial charge on any atom is 0.259 e. The van der Waals surface area contributed by atoms with E-state index < -0.39 is 0 Å². The number of aryl methyl sites for hydroxylation is 1. The van der Waals surface area contributed by atoms with Crippen molar-refractivity contribution in [3.05, 3.63) is 66.2 Å². The highest BCUT2D eigenvalue weighted by Gasteiger charge is 2.24. The number of rotatable bonds is 5. The molecule has 4 rings (SSSR count). The Morgan fingerprint density at radius 3 is 2.89 bits per heavy atom. The number of likely N-dealkylation sites (tertiary alicyclic amines) is 1. The lowest BCUT2D eigenvalue weighted by atomic mass is 9.93. The van der Waals surface area contributed by atoms with Gasteiger partial charge in [0.15, 0.2) is 5.82 Å². The predicted molar refractivity (Wildman–Crippen MR) is 101 cm³/mol. The van der Waals surface area contributed by atoms with Crippen molar-refractivity contribution in [2.45, 2.75) is 25.7 Å². The normalized spacial score (nSPS) is 17.0. The molecule has 0 radical (unpaired) electrons. The monoisotopic (exact) mass is 362 g/mol. The molecule has 2 aromatic heterocycles. The zero-order chi connectivity index (χ0) is 18.5. The van der Waals surface area contributed by atoms with E-state index in [1.54, 1.807) is 12.4 Å². The minimum atomic E-state index is 0.124.